The molecule has 0 aromatic heterocycles. The first-order valence-corrected chi connectivity index (χ1v) is 5.81. The fraction of sp³-hybridized carbons (Fsp3) is 1.00. The Balaban J connectivity index is 2.48. The van der Waals surface area contributed by atoms with Crippen molar-refractivity contribution in [3.8, 4) is 0 Å². The fourth-order valence-corrected chi connectivity index (χ4v) is 2.43. The van der Waals surface area contributed by atoms with Crippen LogP contribution in [-0.4, -0.2) is 43.0 Å². The van der Waals surface area contributed by atoms with Gasteiger partial charge in [0.25, 0.3) is 6.43 Å². The number of rotatable bonds is 4. The summed E-state index contributed by atoms with van der Waals surface area (Å²) in [7, 11) is 0. The van der Waals surface area contributed by atoms with Crippen LogP contribution in [0.15, 0.2) is 0 Å². The lowest BCUT2D eigenvalue weighted by atomic mass is 9.87. The molecule has 90 valence electrons. The van der Waals surface area contributed by atoms with Crippen molar-refractivity contribution in [2.45, 2.75) is 45.7 Å². The highest BCUT2D eigenvalue weighted by Gasteiger charge is 2.32. The van der Waals surface area contributed by atoms with E-state index in [1.54, 1.807) is 0 Å². The van der Waals surface area contributed by atoms with E-state index in [1.165, 1.54) is 0 Å². The molecule has 0 aliphatic carbocycles. The zero-order valence-corrected chi connectivity index (χ0v) is 9.84. The Bertz CT molecular complexity index is 187. The van der Waals surface area contributed by atoms with Crippen molar-refractivity contribution >= 4 is 0 Å². The van der Waals surface area contributed by atoms with Crippen LogP contribution in [-0.2, 0) is 0 Å². The third-order valence-electron chi connectivity index (χ3n) is 3.54. The van der Waals surface area contributed by atoms with Gasteiger partial charge in [-0.15, -0.1) is 0 Å². The summed E-state index contributed by atoms with van der Waals surface area (Å²) in [4.78, 5) is 1.91. The summed E-state index contributed by atoms with van der Waals surface area (Å²) in [6.45, 7) is 7.95. The second-order valence-electron chi connectivity index (χ2n) is 4.44. The minimum atomic E-state index is -2.21. The number of nitrogens with zero attached hydrogens (tertiary/aromatic N) is 1. The van der Waals surface area contributed by atoms with E-state index in [-0.39, 0.29) is 12.6 Å². The highest BCUT2D eigenvalue weighted by molar-refractivity contribution is 4.88. The molecule has 3 atom stereocenters. The molecule has 0 aromatic rings. The Hall–Kier alpha value is -0.220. The molecule has 1 N–H and O–H groups in total. The molecule has 1 aliphatic rings. The second kappa shape index (κ2) is 5.75. The summed E-state index contributed by atoms with van der Waals surface area (Å²) in [6, 6.07) is 0.732. The maximum atomic E-state index is 12.3. The van der Waals surface area contributed by atoms with Crippen molar-refractivity contribution in [1.29, 1.82) is 0 Å². The molecule has 1 fully saturated rings. The number of halogens is 2. The predicted molar refractivity (Wildman–Crippen MR) is 58.3 cm³/mol. The number of nitrogens with one attached hydrogen (secondary N) is 1. The number of hydrogen-bond acceptors (Lipinski definition) is 2. The number of alkyl halides is 2. The molecule has 2 nitrogen and oxygen atoms in total. The molecule has 0 aromatic carbocycles. The molecule has 0 spiro atoms. The van der Waals surface area contributed by atoms with Gasteiger partial charge in [-0.3, -0.25) is 4.90 Å². The van der Waals surface area contributed by atoms with Crippen LogP contribution in [0.3, 0.4) is 0 Å². The van der Waals surface area contributed by atoms with Gasteiger partial charge >= 0.3 is 0 Å². The molecule has 15 heavy (non-hydrogen) atoms. The van der Waals surface area contributed by atoms with Crippen LogP contribution in [0.2, 0.25) is 0 Å². The Morgan fingerprint density at radius 1 is 1.40 bits per heavy atom. The SMILES string of the molecule is CCNC1CCN(CC(F)F)C(C)C1C. The minimum absolute atomic E-state index is 0.0790. The number of piperidine rings is 1. The molecule has 3 unspecified atom stereocenters. The summed E-state index contributed by atoms with van der Waals surface area (Å²) in [5, 5.41) is 3.42. The molecule has 1 saturated heterocycles. The first-order valence-electron chi connectivity index (χ1n) is 5.81. The van der Waals surface area contributed by atoms with Gasteiger partial charge in [0.05, 0.1) is 6.54 Å². The van der Waals surface area contributed by atoms with Crippen LogP contribution in [0.5, 0.6) is 0 Å². The Kier molecular flexibility index (Phi) is 4.93. The molecule has 1 rings (SSSR count). The highest BCUT2D eigenvalue weighted by atomic mass is 19.3. The van der Waals surface area contributed by atoms with Crippen LogP contribution in [0.1, 0.15) is 27.2 Å². The molecule has 0 radical (unpaired) electrons. The van der Waals surface area contributed by atoms with Crippen molar-refractivity contribution in [3.05, 3.63) is 0 Å². The van der Waals surface area contributed by atoms with Gasteiger partial charge in [-0.2, -0.15) is 0 Å². The summed E-state index contributed by atoms with van der Waals surface area (Å²) in [5.74, 6) is 0.442. The summed E-state index contributed by atoms with van der Waals surface area (Å²) in [5.41, 5.74) is 0. The van der Waals surface area contributed by atoms with E-state index in [2.05, 4.69) is 26.1 Å². The normalized spacial score (nSPS) is 33.6. The van der Waals surface area contributed by atoms with E-state index in [9.17, 15) is 8.78 Å². The lowest BCUT2D eigenvalue weighted by Gasteiger charge is -2.42. The maximum Gasteiger partial charge on any atom is 0.251 e. The first-order chi connectivity index (χ1) is 7.06. The van der Waals surface area contributed by atoms with Crippen LogP contribution in [0.4, 0.5) is 8.78 Å². The van der Waals surface area contributed by atoms with Crippen LogP contribution < -0.4 is 5.32 Å². The van der Waals surface area contributed by atoms with Gasteiger partial charge in [-0.25, -0.2) is 8.78 Å². The molecule has 1 aliphatic heterocycles. The van der Waals surface area contributed by atoms with Gasteiger partial charge in [0.15, 0.2) is 0 Å². The van der Waals surface area contributed by atoms with Gasteiger partial charge in [0.2, 0.25) is 0 Å². The summed E-state index contributed by atoms with van der Waals surface area (Å²) >= 11 is 0. The van der Waals surface area contributed by atoms with Crippen LogP contribution in [0, 0.1) is 5.92 Å². The lowest BCUT2D eigenvalue weighted by molar-refractivity contribution is 0.0240. The second-order valence-corrected chi connectivity index (χ2v) is 4.44. The monoisotopic (exact) mass is 220 g/mol. The van der Waals surface area contributed by atoms with E-state index in [1.807, 2.05) is 4.90 Å². The molecule has 0 amide bonds. The lowest BCUT2D eigenvalue weighted by Crippen LogP contribution is -2.54. The number of likely N-dealkylation sites (tertiary alicyclic amines) is 1. The van der Waals surface area contributed by atoms with Crippen molar-refractivity contribution in [1.82, 2.24) is 10.2 Å². The fourth-order valence-electron chi connectivity index (χ4n) is 2.43. The zero-order valence-electron chi connectivity index (χ0n) is 9.84. The third-order valence-corrected chi connectivity index (χ3v) is 3.54. The smallest absolute Gasteiger partial charge is 0.251 e. The Labute approximate surface area is 91.0 Å². The highest BCUT2D eigenvalue weighted by Crippen LogP contribution is 2.24. The van der Waals surface area contributed by atoms with Gasteiger partial charge in [0.1, 0.15) is 0 Å². The molecular formula is C11H22F2N2. The third kappa shape index (κ3) is 3.38. The van der Waals surface area contributed by atoms with Crippen molar-refractivity contribution < 1.29 is 8.78 Å². The zero-order chi connectivity index (χ0) is 11.4. The molecule has 4 heteroatoms. The summed E-state index contributed by atoms with van der Waals surface area (Å²) in [6.07, 6.45) is -1.23. The van der Waals surface area contributed by atoms with Gasteiger partial charge in [-0.05, 0) is 25.8 Å². The quantitative estimate of drug-likeness (QED) is 0.779. The first kappa shape index (κ1) is 12.8. The molecule has 0 saturated carbocycles. The molecule has 1 heterocycles. The van der Waals surface area contributed by atoms with Gasteiger partial charge in [0, 0.05) is 18.6 Å². The maximum absolute atomic E-state index is 12.3. The van der Waals surface area contributed by atoms with Gasteiger partial charge in [-0.1, -0.05) is 13.8 Å². The van der Waals surface area contributed by atoms with Crippen LogP contribution >= 0.6 is 0 Å². The largest absolute Gasteiger partial charge is 0.314 e. The van der Waals surface area contributed by atoms with E-state index in [4.69, 9.17) is 0 Å². The van der Waals surface area contributed by atoms with E-state index < -0.39 is 6.43 Å². The average molecular weight is 220 g/mol. The van der Waals surface area contributed by atoms with Crippen LogP contribution in [0.25, 0.3) is 0 Å². The molecule has 0 bridgehead atoms. The van der Waals surface area contributed by atoms with E-state index in [0.717, 1.165) is 19.5 Å². The summed E-state index contributed by atoms with van der Waals surface area (Å²) < 4.78 is 24.6. The average Bonchev–Trinajstić information content (AvgIpc) is 2.17. The van der Waals surface area contributed by atoms with E-state index >= 15 is 0 Å². The van der Waals surface area contributed by atoms with Crippen molar-refractivity contribution in [2.24, 2.45) is 5.92 Å². The standard InChI is InChI=1S/C11H22F2N2/c1-4-14-10-5-6-15(7-11(12)13)9(3)8(10)2/h8-11,14H,4-7H2,1-3H3. The van der Waals surface area contributed by atoms with Crippen molar-refractivity contribution in [2.75, 3.05) is 19.6 Å². The Morgan fingerprint density at radius 3 is 2.60 bits per heavy atom. The van der Waals surface area contributed by atoms with E-state index in [0.29, 0.717) is 12.0 Å². The minimum Gasteiger partial charge on any atom is -0.314 e. The predicted octanol–water partition coefficient (Wildman–Crippen LogP) is 1.96. The molecular weight excluding hydrogens is 198 g/mol. The van der Waals surface area contributed by atoms with Gasteiger partial charge < -0.3 is 5.32 Å². The Morgan fingerprint density at radius 2 is 2.07 bits per heavy atom. The topological polar surface area (TPSA) is 15.3 Å². The number of hydrogen-bond donors (Lipinski definition) is 1. The van der Waals surface area contributed by atoms with Crippen molar-refractivity contribution in [3.63, 3.8) is 0 Å².